The number of carbonyl (C=O) groups excluding carboxylic acids is 1. The first-order valence-corrected chi connectivity index (χ1v) is 5.93. The summed E-state index contributed by atoms with van der Waals surface area (Å²) in [5, 5.41) is 0. The lowest BCUT2D eigenvalue weighted by Crippen LogP contribution is -2.38. The van der Waals surface area contributed by atoms with Crippen molar-refractivity contribution in [2.75, 3.05) is 0 Å². The van der Waals surface area contributed by atoms with Gasteiger partial charge in [0, 0.05) is 30.1 Å². The standard InChI is InChI=1S/C13H16F2N2O/c1-7(2)17-12(18)6-11(16)13(17)9-4-3-8(14)5-10(9)15/h3-5,7,11,13H,6,16H2,1-2H3. The number of benzene rings is 1. The van der Waals surface area contributed by atoms with Gasteiger partial charge in [-0.3, -0.25) is 4.79 Å². The molecule has 1 aliphatic heterocycles. The topological polar surface area (TPSA) is 46.3 Å². The number of carbonyl (C=O) groups is 1. The fourth-order valence-electron chi connectivity index (χ4n) is 2.51. The summed E-state index contributed by atoms with van der Waals surface area (Å²) in [7, 11) is 0. The Hall–Kier alpha value is -1.49. The van der Waals surface area contributed by atoms with Gasteiger partial charge in [-0.1, -0.05) is 6.07 Å². The van der Waals surface area contributed by atoms with E-state index in [2.05, 4.69) is 0 Å². The van der Waals surface area contributed by atoms with Crippen molar-refractivity contribution in [2.24, 2.45) is 5.73 Å². The first-order valence-electron chi connectivity index (χ1n) is 5.93. The normalized spacial score (nSPS) is 24.1. The zero-order chi connectivity index (χ0) is 13.4. The molecule has 2 unspecified atom stereocenters. The summed E-state index contributed by atoms with van der Waals surface area (Å²) in [6.07, 6.45) is 0.194. The molecule has 5 heteroatoms. The highest BCUT2D eigenvalue weighted by molar-refractivity contribution is 5.80. The van der Waals surface area contributed by atoms with Gasteiger partial charge in [-0.2, -0.15) is 0 Å². The Morgan fingerprint density at radius 3 is 2.61 bits per heavy atom. The summed E-state index contributed by atoms with van der Waals surface area (Å²) in [4.78, 5) is 13.4. The molecular weight excluding hydrogens is 238 g/mol. The van der Waals surface area contributed by atoms with Crippen LogP contribution >= 0.6 is 0 Å². The van der Waals surface area contributed by atoms with Crippen LogP contribution in [0.15, 0.2) is 18.2 Å². The van der Waals surface area contributed by atoms with E-state index in [4.69, 9.17) is 5.73 Å². The fraction of sp³-hybridized carbons (Fsp3) is 0.462. The summed E-state index contributed by atoms with van der Waals surface area (Å²) < 4.78 is 26.7. The summed E-state index contributed by atoms with van der Waals surface area (Å²) >= 11 is 0. The quantitative estimate of drug-likeness (QED) is 0.877. The van der Waals surface area contributed by atoms with E-state index in [0.717, 1.165) is 6.07 Å². The van der Waals surface area contributed by atoms with E-state index in [9.17, 15) is 13.6 Å². The average Bonchev–Trinajstić information content (AvgIpc) is 2.53. The van der Waals surface area contributed by atoms with Crippen molar-refractivity contribution < 1.29 is 13.6 Å². The van der Waals surface area contributed by atoms with E-state index >= 15 is 0 Å². The molecule has 0 saturated carbocycles. The molecule has 0 aliphatic carbocycles. The van der Waals surface area contributed by atoms with Crippen LogP contribution in [-0.2, 0) is 4.79 Å². The molecular formula is C13H16F2N2O. The van der Waals surface area contributed by atoms with Crippen LogP contribution in [-0.4, -0.2) is 22.9 Å². The first-order chi connectivity index (χ1) is 8.41. The van der Waals surface area contributed by atoms with Gasteiger partial charge in [-0.15, -0.1) is 0 Å². The number of hydrogen-bond acceptors (Lipinski definition) is 2. The molecule has 1 aromatic rings. The van der Waals surface area contributed by atoms with Crippen LogP contribution in [0, 0.1) is 11.6 Å². The third-order valence-corrected chi connectivity index (χ3v) is 3.24. The lowest BCUT2D eigenvalue weighted by Gasteiger charge is -2.30. The van der Waals surface area contributed by atoms with Gasteiger partial charge in [0.25, 0.3) is 0 Å². The molecule has 2 N–H and O–H groups in total. The Labute approximate surface area is 105 Å². The molecule has 0 spiro atoms. The highest BCUT2D eigenvalue weighted by atomic mass is 19.1. The summed E-state index contributed by atoms with van der Waals surface area (Å²) in [5.74, 6) is -1.38. The smallest absolute Gasteiger partial charge is 0.225 e. The van der Waals surface area contributed by atoms with Crippen molar-refractivity contribution in [3.05, 3.63) is 35.4 Å². The Bertz CT molecular complexity index is 476. The molecule has 0 aromatic heterocycles. The van der Waals surface area contributed by atoms with Gasteiger partial charge in [-0.05, 0) is 19.9 Å². The van der Waals surface area contributed by atoms with E-state index in [1.807, 2.05) is 13.8 Å². The van der Waals surface area contributed by atoms with Crippen molar-refractivity contribution in [3.63, 3.8) is 0 Å². The largest absolute Gasteiger partial charge is 0.331 e. The minimum Gasteiger partial charge on any atom is -0.331 e. The minimum absolute atomic E-state index is 0.0690. The van der Waals surface area contributed by atoms with E-state index in [0.29, 0.717) is 0 Å². The van der Waals surface area contributed by atoms with Crippen LogP contribution in [0.2, 0.25) is 0 Å². The van der Waals surface area contributed by atoms with Crippen LogP contribution in [0.25, 0.3) is 0 Å². The monoisotopic (exact) mass is 254 g/mol. The maximum Gasteiger partial charge on any atom is 0.225 e. The van der Waals surface area contributed by atoms with Crippen LogP contribution in [0.1, 0.15) is 31.9 Å². The van der Waals surface area contributed by atoms with Gasteiger partial charge < -0.3 is 10.6 Å². The molecule has 0 radical (unpaired) electrons. The molecule has 1 fully saturated rings. The Kier molecular flexibility index (Phi) is 3.34. The van der Waals surface area contributed by atoms with Crippen molar-refractivity contribution in [2.45, 2.75) is 38.4 Å². The molecule has 2 rings (SSSR count). The van der Waals surface area contributed by atoms with Gasteiger partial charge in [0.1, 0.15) is 11.6 Å². The van der Waals surface area contributed by atoms with Crippen LogP contribution in [0.4, 0.5) is 8.78 Å². The van der Waals surface area contributed by atoms with E-state index < -0.39 is 23.7 Å². The predicted octanol–water partition coefficient (Wildman–Crippen LogP) is 1.97. The van der Waals surface area contributed by atoms with Gasteiger partial charge in [0.05, 0.1) is 6.04 Å². The molecule has 0 bridgehead atoms. The highest BCUT2D eigenvalue weighted by Crippen LogP contribution is 2.35. The SMILES string of the molecule is CC(C)N1C(=O)CC(N)C1c1ccc(F)cc1F. The number of likely N-dealkylation sites (tertiary alicyclic amines) is 1. The Balaban J connectivity index is 2.43. The summed E-state index contributed by atoms with van der Waals surface area (Å²) in [6, 6.07) is 2.33. The zero-order valence-corrected chi connectivity index (χ0v) is 10.4. The van der Waals surface area contributed by atoms with Crippen LogP contribution < -0.4 is 5.73 Å². The maximum atomic E-state index is 13.8. The Morgan fingerprint density at radius 1 is 1.39 bits per heavy atom. The predicted molar refractivity (Wildman–Crippen MR) is 63.7 cm³/mol. The number of rotatable bonds is 2. The summed E-state index contributed by atoms with van der Waals surface area (Å²) in [5.41, 5.74) is 6.19. The van der Waals surface area contributed by atoms with Gasteiger partial charge >= 0.3 is 0 Å². The van der Waals surface area contributed by atoms with Crippen molar-refractivity contribution in [3.8, 4) is 0 Å². The number of nitrogens with two attached hydrogens (primary N) is 1. The lowest BCUT2D eigenvalue weighted by molar-refractivity contribution is -0.130. The van der Waals surface area contributed by atoms with E-state index in [1.54, 1.807) is 4.90 Å². The van der Waals surface area contributed by atoms with Crippen LogP contribution in [0.5, 0.6) is 0 Å². The highest BCUT2D eigenvalue weighted by Gasteiger charge is 2.41. The third kappa shape index (κ3) is 2.10. The third-order valence-electron chi connectivity index (χ3n) is 3.24. The van der Waals surface area contributed by atoms with Gasteiger partial charge in [0.15, 0.2) is 0 Å². The van der Waals surface area contributed by atoms with Crippen molar-refractivity contribution in [1.82, 2.24) is 4.90 Å². The molecule has 1 aromatic carbocycles. The second-order valence-corrected chi connectivity index (χ2v) is 4.87. The van der Waals surface area contributed by atoms with E-state index in [1.165, 1.54) is 12.1 Å². The average molecular weight is 254 g/mol. The molecule has 98 valence electrons. The van der Waals surface area contributed by atoms with Gasteiger partial charge in [0.2, 0.25) is 5.91 Å². The van der Waals surface area contributed by atoms with Crippen molar-refractivity contribution in [1.29, 1.82) is 0 Å². The maximum absolute atomic E-state index is 13.8. The second kappa shape index (κ2) is 4.65. The minimum atomic E-state index is -0.657. The molecule has 1 aliphatic rings. The lowest BCUT2D eigenvalue weighted by atomic mass is 9.99. The first kappa shape index (κ1) is 13.0. The molecule has 2 atom stereocenters. The Morgan fingerprint density at radius 2 is 2.06 bits per heavy atom. The number of halogens is 2. The molecule has 1 amide bonds. The second-order valence-electron chi connectivity index (χ2n) is 4.87. The molecule has 18 heavy (non-hydrogen) atoms. The molecule has 1 heterocycles. The van der Waals surface area contributed by atoms with E-state index in [-0.39, 0.29) is 23.9 Å². The number of nitrogens with zero attached hydrogens (tertiary/aromatic N) is 1. The number of amides is 1. The summed E-state index contributed by atoms with van der Waals surface area (Å²) in [6.45, 7) is 3.70. The molecule has 1 saturated heterocycles. The number of hydrogen-bond donors (Lipinski definition) is 1. The van der Waals surface area contributed by atoms with Crippen molar-refractivity contribution >= 4 is 5.91 Å². The zero-order valence-electron chi connectivity index (χ0n) is 10.4. The van der Waals surface area contributed by atoms with Crippen LogP contribution in [0.3, 0.4) is 0 Å². The van der Waals surface area contributed by atoms with Gasteiger partial charge in [-0.25, -0.2) is 8.78 Å². The fourth-order valence-corrected chi connectivity index (χ4v) is 2.51. The molecule has 3 nitrogen and oxygen atoms in total.